The third-order valence-corrected chi connectivity index (χ3v) is 2.36. The molecule has 0 bridgehead atoms. The maximum atomic E-state index is 11.0. The molecular formula is C6H12NO3P. The van der Waals surface area contributed by atoms with Gasteiger partial charge in [0.15, 0.2) is 0 Å². The maximum Gasteiger partial charge on any atom is 0.323 e. The van der Waals surface area contributed by atoms with Gasteiger partial charge in [0.2, 0.25) is 0 Å². The first kappa shape index (κ1) is 8.91. The van der Waals surface area contributed by atoms with Gasteiger partial charge in [0.25, 0.3) is 0 Å². The van der Waals surface area contributed by atoms with Crippen LogP contribution in [0.3, 0.4) is 0 Å². The van der Waals surface area contributed by atoms with Crippen molar-refractivity contribution >= 4 is 15.4 Å². The number of hydrogen-bond donors (Lipinski definition) is 1. The number of β-amino-alcohol motifs (C(OH)–C–C–N with tert-alkyl or cyclic N) is 1. The van der Waals surface area contributed by atoms with Gasteiger partial charge in [-0.15, -0.1) is 0 Å². The third-order valence-electron chi connectivity index (χ3n) is 1.79. The molecule has 1 rings (SSSR count). The van der Waals surface area contributed by atoms with E-state index >= 15 is 0 Å². The molecule has 0 aliphatic carbocycles. The van der Waals surface area contributed by atoms with Crippen molar-refractivity contribution in [1.82, 2.24) is 4.67 Å². The Balaban J connectivity index is 2.52. The first-order valence-corrected chi connectivity index (χ1v) is 3.94. The molecule has 1 N–H and O–H groups in total. The van der Waals surface area contributed by atoms with Crippen LogP contribution in [-0.4, -0.2) is 41.5 Å². The zero-order valence-electron chi connectivity index (χ0n) is 6.36. The van der Waals surface area contributed by atoms with Crippen LogP contribution in [-0.2, 0) is 9.53 Å². The molecule has 64 valence electrons. The fourth-order valence-corrected chi connectivity index (χ4v) is 1.69. The predicted octanol–water partition coefficient (Wildman–Crippen LogP) is -0.615. The third kappa shape index (κ3) is 1.89. The molecule has 0 aromatic rings. The SMILES string of the molecule is COC(=O)[C@@H]1C[C@H](O)CN1P. The van der Waals surface area contributed by atoms with Crippen LogP contribution in [0.15, 0.2) is 0 Å². The van der Waals surface area contributed by atoms with Crippen molar-refractivity contribution in [2.45, 2.75) is 18.6 Å². The Morgan fingerprint density at radius 1 is 1.82 bits per heavy atom. The summed E-state index contributed by atoms with van der Waals surface area (Å²) in [5.41, 5.74) is 0. The van der Waals surface area contributed by atoms with Gasteiger partial charge < -0.3 is 9.84 Å². The van der Waals surface area contributed by atoms with E-state index in [0.717, 1.165) is 0 Å². The number of ether oxygens (including phenoxy) is 1. The van der Waals surface area contributed by atoms with Crippen molar-refractivity contribution in [3.8, 4) is 0 Å². The zero-order chi connectivity index (χ0) is 8.43. The second-order valence-corrected chi connectivity index (χ2v) is 3.29. The average Bonchev–Trinajstić information content (AvgIpc) is 2.28. The highest BCUT2D eigenvalue weighted by atomic mass is 31.0. The van der Waals surface area contributed by atoms with E-state index in [2.05, 4.69) is 14.1 Å². The van der Waals surface area contributed by atoms with E-state index in [4.69, 9.17) is 5.11 Å². The number of methoxy groups -OCH3 is 1. The van der Waals surface area contributed by atoms with Crippen LogP contribution in [0.2, 0.25) is 0 Å². The maximum absolute atomic E-state index is 11.0. The van der Waals surface area contributed by atoms with Crippen LogP contribution in [0.25, 0.3) is 0 Å². The molecule has 11 heavy (non-hydrogen) atoms. The summed E-state index contributed by atoms with van der Waals surface area (Å²) in [6, 6.07) is -0.292. The summed E-state index contributed by atoms with van der Waals surface area (Å²) in [7, 11) is 3.76. The molecule has 1 aliphatic rings. The molecule has 0 saturated carbocycles. The number of aliphatic hydroxyl groups is 1. The van der Waals surface area contributed by atoms with Gasteiger partial charge in [-0.2, -0.15) is 0 Å². The molecule has 1 fully saturated rings. The molecule has 1 saturated heterocycles. The van der Waals surface area contributed by atoms with Gasteiger partial charge in [0, 0.05) is 13.0 Å². The van der Waals surface area contributed by atoms with E-state index in [1.165, 1.54) is 7.11 Å². The summed E-state index contributed by atoms with van der Waals surface area (Å²) < 4.78 is 6.27. The molecule has 1 unspecified atom stereocenters. The summed E-state index contributed by atoms with van der Waals surface area (Å²) in [5.74, 6) is -0.281. The number of aliphatic hydroxyl groups excluding tert-OH is 1. The van der Waals surface area contributed by atoms with E-state index in [1.807, 2.05) is 0 Å². The normalized spacial score (nSPS) is 32.3. The first-order valence-electron chi connectivity index (χ1n) is 3.42. The van der Waals surface area contributed by atoms with Gasteiger partial charge in [-0.25, -0.2) is 0 Å². The Kier molecular flexibility index (Phi) is 2.82. The fraction of sp³-hybridized carbons (Fsp3) is 0.833. The average molecular weight is 177 g/mol. The van der Waals surface area contributed by atoms with Crippen molar-refractivity contribution in [3.05, 3.63) is 0 Å². The van der Waals surface area contributed by atoms with Crippen LogP contribution in [0.5, 0.6) is 0 Å². The van der Waals surface area contributed by atoms with E-state index in [0.29, 0.717) is 13.0 Å². The van der Waals surface area contributed by atoms with Crippen LogP contribution in [0.1, 0.15) is 6.42 Å². The van der Waals surface area contributed by atoms with Gasteiger partial charge in [0.05, 0.1) is 13.2 Å². The Morgan fingerprint density at radius 2 is 2.45 bits per heavy atom. The summed E-state index contributed by atoms with van der Waals surface area (Å²) in [6.07, 6.45) is 0.0625. The van der Waals surface area contributed by atoms with E-state index in [9.17, 15) is 4.79 Å². The monoisotopic (exact) mass is 177 g/mol. The molecule has 3 atom stereocenters. The molecule has 1 heterocycles. The molecule has 5 heteroatoms. The van der Waals surface area contributed by atoms with E-state index in [1.54, 1.807) is 4.67 Å². The van der Waals surface area contributed by atoms with Crippen molar-refractivity contribution in [3.63, 3.8) is 0 Å². The minimum atomic E-state index is -0.406. The van der Waals surface area contributed by atoms with E-state index in [-0.39, 0.29) is 12.0 Å². The summed E-state index contributed by atoms with van der Waals surface area (Å²) in [6.45, 7) is 0.518. The molecular weight excluding hydrogens is 165 g/mol. The minimum Gasteiger partial charge on any atom is -0.468 e. The highest BCUT2D eigenvalue weighted by molar-refractivity contribution is 7.13. The first-order chi connectivity index (χ1) is 5.15. The van der Waals surface area contributed by atoms with Crippen molar-refractivity contribution < 1.29 is 14.6 Å². The van der Waals surface area contributed by atoms with Crippen LogP contribution >= 0.6 is 9.39 Å². The fourth-order valence-electron chi connectivity index (χ4n) is 1.21. The number of hydrogen-bond acceptors (Lipinski definition) is 4. The number of nitrogens with zero attached hydrogens (tertiary/aromatic N) is 1. The van der Waals surface area contributed by atoms with Crippen molar-refractivity contribution in [2.75, 3.05) is 13.7 Å². The Labute approximate surface area is 67.8 Å². The quantitative estimate of drug-likeness (QED) is 0.428. The topological polar surface area (TPSA) is 49.8 Å². The van der Waals surface area contributed by atoms with Crippen LogP contribution in [0, 0.1) is 0 Å². The minimum absolute atomic E-state index is 0.281. The Morgan fingerprint density at radius 3 is 2.82 bits per heavy atom. The second-order valence-electron chi connectivity index (χ2n) is 2.63. The molecule has 0 radical (unpaired) electrons. The highest BCUT2D eigenvalue weighted by Crippen LogP contribution is 2.21. The van der Waals surface area contributed by atoms with E-state index < -0.39 is 6.10 Å². The number of carbonyl (C=O) groups is 1. The second kappa shape index (κ2) is 3.48. The lowest BCUT2D eigenvalue weighted by Crippen LogP contribution is -2.29. The molecule has 0 spiro atoms. The van der Waals surface area contributed by atoms with Gasteiger partial charge >= 0.3 is 5.97 Å². The lowest BCUT2D eigenvalue weighted by Gasteiger charge is -2.14. The summed E-state index contributed by atoms with van der Waals surface area (Å²) in [5, 5.41) is 9.15. The number of esters is 1. The van der Waals surface area contributed by atoms with Gasteiger partial charge in [0.1, 0.15) is 6.04 Å². The van der Waals surface area contributed by atoms with Gasteiger partial charge in [-0.05, 0) is 0 Å². The molecule has 0 aromatic carbocycles. The number of rotatable bonds is 1. The van der Waals surface area contributed by atoms with Crippen LogP contribution < -0.4 is 0 Å². The highest BCUT2D eigenvalue weighted by Gasteiger charge is 2.34. The van der Waals surface area contributed by atoms with Crippen LogP contribution in [0.4, 0.5) is 0 Å². The Bertz CT molecular complexity index is 164. The lowest BCUT2D eigenvalue weighted by atomic mass is 10.2. The summed E-state index contributed by atoms with van der Waals surface area (Å²) in [4.78, 5) is 11.0. The standard InChI is InChI=1S/C6H12NO3P/c1-10-6(9)5-2-4(8)3-7(5)11/h4-5,8H,2-3,11H2,1H3/t4-,5-/m0/s1. The Hall–Kier alpha value is -0.180. The van der Waals surface area contributed by atoms with Gasteiger partial charge in [-0.3, -0.25) is 9.46 Å². The largest absolute Gasteiger partial charge is 0.468 e. The summed E-state index contributed by atoms with van der Waals surface area (Å²) >= 11 is 0. The molecule has 4 nitrogen and oxygen atoms in total. The van der Waals surface area contributed by atoms with Gasteiger partial charge in [-0.1, -0.05) is 9.39 Å². The molecule has 1 aliphatic heterocycles. The van der Waals surface area contributed by atoms with Crippen molar-refractivity contribution in [2.24, 2.45) is 0 Å². The lowest BCUT2D eigenvalue weighted by molar-refractivity contribution is -0.144. The molecule has 0 aromatic heterocycles. The van der Waals surface area contributed by atoms with Crippen molar-refractivity contribution in [1.29, 1.82) is 0 Å². The number of carbonyl (C=O) groups excluding carboxylic acids is 1. The zero-order valence-corrected chi connectivity index (χ0v) is 7.51. The molecule has 0 amide bonds. The predicted molar refractivity (Wildman–Crippen MR) is 42.8 cm³/mol. The smallest absolute Gasteiger partial charge is 0.323 e.